The van der Waals surface area contributed by atoms with E-state index in [4.69, 9.17) is 9.15 Å². The molecule has 2 heterocycles. The fourth-order valence-electron chi connectivity index (χ4n) is 1.21. The number of nitrogens with zero attached hydrogens (tertiary/aromatic N) is 2. The number of furan rings is 1. The number of aromatic nitrogens is 2. The van der Waals surface area contributed by atoms with E-state index in [1.165, 1.54) is 25.8 Å². The molecule has 0 aliphatic heterocycles. The first-order valence-corrected chi connectivity index (χ1v) is 5.16. The normalized spacial score (nSPS) is 10.1. The number of carbonyl (C=O) groups excluding carboxylic acids is 1. The van der Waals surface area contributed by atoms with Crippen molar-refractivity contribution in [2.45, 2.75) is 0 Å². The topological polar surface area (TPSA) is 65.2 Å². The second kappa shape index (κ2) is 4.44. The van der Waals surface area contributed by atoms with Crippen LogP contribution in [-0.4, -0.2) is 22.9 Å². The summed E-state index contributed by atoms with van der Waals surface area (Å²) in [5.41, 5.74) is 0.547. The minimum absolute atomic E-state index is 0.159. The van der Waals surface area contributed by atoms with Crippen molar-refractivity contribution in [3.8, 4) is 5.88 Å². The molecule has 0 fully saturated rings. The van der Waals surface area contributed by atoms with Gasteiger partial charge in [0.1, 0.15) is 0 Å². The van der Waals surface area contributed by atoms with Gasteiger partial charge in [-0.1, -0.05) is 0 Å². The molecular formula is C10H7BrN2O3. The third kappa shape index (κ3) is 1.83. The Morgan fingerprint density at radius 1 is 1.44 bits per heavy atom. The standard InChI is InChI=1S/C10H7BrN2O3/c1-15-10-7(12-3-4-13-10)8(14)6-2-5-16-9(6)11/h2-5H,1H3. The lowest BCUT2D eigenvalue weighted by molar-refractivity contribution is 0.102. The van der Waals surface area contributed by atoms with Crippen molar-refractivity contribution in [1.82, 2.24) is 9.97 Å². The highest BCUT2D eigenvalue weighted by molar-refractivity contribution is 9.10. The summed E-state index contributed by atoms with van der Waals surface area (Å²) in [6.07, 6.45) is 4.31. The average Bonchev–Trinajstić information content (AvgIpc) is 2.74. The number of ketones is 1. The summed E-state index contributed by atoms with van der Waals surface area (Å²) in [6.45, 7) is 0. The van der Waals surface area contributed by atoms with Crippen LogP contribution in [0.1, 0.15) is 16.1 Å². The molecule has 0 aliphatic carbocycles. The van der Waals surface area contributed by atoms with Crippen LogP contribution in [0.5, 0.6) is 5.88 Å². The maximum atomic E-state index is 12.0. The minimum atomic E-state index is -0.300. The Balaban J connectivity index is 2.46. The van der Waals surface area contributed by atoms with Gasteiger partial charge < -0.3 is 9.15 Å². The Morgan fingerprint density at radius 2 is 2.19 bits per heavy atom. The molecular weight excluding hydrogens is 276 g/mol. The Hall–Kier alpha value is -1.69. The van der Waals surface area contributed by atoms with E-state index in [0.29, 0.717) is 10.2 Å². The predicted octanol–water partition coefficient (Wildman–Crippen LogP) is 2.07. The zero-order valence-corrected chi connectivity index (χ0v) is 9.89. The Labute approximate surface area is 99.6 Å². The summed E-state index contributed by atoms with van der Waals surface area (Å²) in [6, 6.07) is 1.56. The predicted molar refractivity (Wildman–Crippen MR) is 58.4 cm³/mol. The Kier molecular flexibility index (Phi) is 3.00. The van der Waals surface area contributed by atoms with Crippen LogP contribution < -0.4 is 4.74 Å². The third-order valence-electron chi connectivity index (χ3n) is 1.94. The van der Waals surface area contributed by atoms with Crippen molar-refractivity contribution < 1.29 is 13.9 Å². The van der Waals surface area contributed by atoms with Gasteiger partial charge in [-0.05, 0) is 22.0 Å². The molecule has 0 unspecified atom stereocenters. The fraction of sp³-hybridized carbons (Fsp3) is 0.100. The molecule has 2 aromatic rings. The lowest BCUT2D eigenvalue weighted by Gasteiger charge is -2.03. The second-order valence-electron chi connectivity index (χ2n) is 2.85. The van der Waals surface area contributed by atoms with Crippen LogP contribution in [0.3, 0.4) is 0 Å². The summed E-state index contributed by atoms with van der Waals surface area (Å²) in [7, 11) is 1.44. The molecule has 16 heavy (non-hydrogen) atoms. The summed E-state index contributed by atoms with van der Waals surface area (Å²) in [5, 5.41) is 0. The smallest absolute Gasteiger partial charge is 0.243 e. The second-order valence-corrected chi connectivity index (χ2v) is 3.57. The van der Waals surface area contributed by atoms with E-state index in [2.05, 4.69) is 25.9 Å². The molecule has 0 saturated heterocycles. The van der Waals surface area contributed by atoms with Gasteiger partial charge in [-0.15, -0.1) is 0 Å². The van der Waals surface area contributed by atoms with Gasteiger partial charge in [0.15, 0.2) is 10.4 Å². The van der Waals surface area contributed by atoms with Crippen molar-refractivity contribution in [2.75, 3.05) is 7.11 Å². The minimum Gasteiger partial charge on any atom is -0.479 e. The number of rotatable bonds is 3. The molecule has 2 rings (SSSR count). The molecule has 5 nitrogen and oxygen atoms in total. The van der Waals surface area contributed by atoms with E-state index in [1.54, 1.807) is 6.07 Å². The van der Waals surface area contributed by atoms with E-state index < -0.39 is 0 Å². The summed E-state index contributed by atoms with van der Waals surface area (Å²) in [5.74, 6) is -0.105. The van der Waals surface area contributed by atoms with Crippen molar-refractivity contribution in [3.05, 3.63) is 40.7 Å². The molecule has 0 radical (unpaired) electrons. The van der Waals surface area contributed by atoms with Gasteiger partial charge in [0.2, 0.25) is 11.7 Å². The summed E-state index contributed by atoms with van der Waals surface area (Å²) in [4.78, 5) is 19.9. The summed E-state index contributed by atoms with van der Waals surface area (Å²) < 4.78 is 10.3. The molecule has 0 aliphatic rings. The molecule has 0 amide bonds. The molecule has 0 N–H and O–H groups in total. The van der Waals surface area contributed by atoms with Crippen LogP contribution in [-0.2, 0) is 0 Å². The maximum Gasteiger partial charge on any atom is 0.243 e. The Morgan fingerprint density at radius 3 is 2.81 bits per heavy atom. The highest BCUT2D eigenvalue weighted by Crippen LogP contribution is 2.23. The quantitative estimate of drug-likeness (QED) is 0.807. The van der Waals surface area contributed by atoms with E-state index in [9.17, 15) is 4.79 Å². The van der Waals surface area contributed by atoms with Gasteiger partial charge in [-0.2, -0.15) is 0 Å². The molecule has 0 saturated carbocycles. The maximum absolute atomic E-state index is 12.0. The monoisotopic (exact) mass is 282 g/mol. The van der Waals surface area contributed by atoms with Crippen LogP contribution in [0, 0.1) is 0 Å². The van der Waals surface area contributed by atoms with Crippen LogP contribution in [0.4, 0.5) is 0 Å². The van der Waals surface area contributed by atoms with E-state index >= 15 is 0 Å². The van der Waals surface area contributed by atoms with Crippen molar-refractivity contribution in [3.63, 3.8) is 0 Å². The van der Waals surface area contributed by atoms with E-state index in [-0.39, 0.29) is 17.4 Å². The molecule has 2 aromatic heterocycles. The van der Waals surface area contributed by atoms with Gasteiger partial charge in [0, 0.05) is 12.4 Å². The highest BCUT2D eigenvalue weighted by atomic mass is 79.9. The van der Waals surface area contributed by atoms with Crippen molar-refractivity contribution >= 4 is 21.7 Å². The van der Waals surface area contributed by atoms with Crippen LogP contribution >= 0.6 is 15.9 Å². The van der Waals surface area contributed by atoms with E-state index in [0.717, 1.165) is 0 Å². The first-order valence-electron chi connectivity index (χ1n) is 4.36. The third-order valence-corrected chi connectivity index (χ3v) is 2.55. The lowest BCUT2D eigenvalue weighted by atomic mass is 10.1. The van der Waals surface area contributed by atoms with Crippen LogP contribution in [0.15, 0.2) is 33.8 Å². The van der Waals surface area contributed by atoms with Gasteiger partial charge in [0.05, 0.1) is 18.9 Å². The van der Waals surface area contributed by atoms with Crippen molar-refractivity contribution in [1.29, 1.82) is 0 Å². The van der Waals surface area contributed by atoms with Crippen LogP contribution in [0.25, 0.3) is 0 Å². The summed E-state index contributed by atoms with van der Waals surface area (Å²) >= 11 is 3.13. The van der Waals surface area contributed by atoms with Gasteiger partial charge >= 0.3 is 0 Å². The first-order chi connectivity index (χ1) is 7.74. The van der Waals surface area contributed by atoms with Gasteiger partial charge in [-0.3, -0.25) is 4.79 Å². The Bertz CT molecular complexity index is 524. The van der Waals surface area contributed by atoms with Crippen LogP contribution in [0.2, 0.25) is 0 Å². The number of halogens is 1. The first kappa shape index (κ1) is 10.8. The number of hydrogen-bond acceptors (Lipinski definition) is 5. The number of methoxy groups -OCH3 is 1. The molecule has 6 heteroatoms. The fourth-order valence-corrected chi connectivity index (χ4v) is 1.63. The SMILES string of the molecule is COc1nccnc1C(=O)c1ccoc1Br. The molecule has 0 spiro atoms. The lowest BCUT2D eigenvalue weighted by Crippen LogP contribution is -2.07. The number of ether oxygens (including phenoxy) is 1. The van der Waals surface area contributed by atoms with Gasteiger partial charge in [0.25, 0.3) is 0 Å². The molecule has 0 bridgehead atoms. The average molecular weight is 283 g/mol. The van der Waals surface area contributed by atoms with Crippen molar-refractivity contribution in [2.24, 2.45) is 0 Å². The highest BCUT2D eigenvalue weighted by Gasteiger charge is 2.20. The van der Waals surface area contributed by atoms with Gasteiger partial charge in [-0.25, -0.2) is 9.97 Å². The zero-order valence-electron chi connectivity index (χ0n) is 8.31. The number of carbonyl (C=O) groups is 1. The van der Waals surface area contributed by atoms with E-state index in [1.807, 2.05) is 0 Å². The number of hydrogen-bond donors (Lipinski definition) is 0. The molecule has 82 valence electrons. The largest absolute Gasteiger partial charge is 0.479 e. The zero-order chi connectivity index (χ0) is 11.5. The molecule has 0 atom stereocenters. The molecule has 0 aromatic carbocycles.